The summed E-state index contributed by atoms with van der Waals surface area (Å²) < 4.78 is 14.3. The number of aryl methyl sites for hydroxylation is 3. The second kappa shape index (κ2) is 7.38. The van der Waals surface area contributed by atoms with E-state index in [-0.39, 0.29) is 12.6 Å². The van der Waals surface area contributed by atoms with Crippen LogP contribution in [0.3, 0.4) is 0 Å². The van der Waals surface area contributed by atoms with Crippen LogP contribution in [0.4, 0.5) is 0 Å². The molecule has 1 N–H and O–H groups in total. The fraction of sp³-hybridized carbons (Fsp3) is 0.417. The number of carbonyl (C=O) groups is 1. The molecule has 4 nitrogen and oxygen atoms in total. The largest absolute Gasteiger partial charge is 0.390 e. The lowest BCUT2D eigenvalue weighted by atomic mass is 10.1. The van der Waals surface area contributed by atoms with Gasteiger partial charge in [0, 0.05) is 0 Å². The minimum atomic E-state index is -3.85. The monoisotopic (exact) mass is 258 g/mol. The van der Waals surface area contributed by atoms with Gasteiger partial charge in [-0.25, -0.2) is 0 Å². The van der Waals surface area contributed by atoms with Crippen LogP contribution in [0.15, 0.2) is 18.2 Å². The Morgan fingerprint density at radius 2 is 1.53 bits per heavy atom. The van der Waals surface area contributed by atoms with Crippen molar-refractivity contribution in [3.63, 3.8) is 0 Å². The molecular formula is C12H19O4P. The minimum Gasteiger partial charge on any atom is -0.319 e. The maximum absolute atomic E-state index is 10.1. The summed E-state index contributed by atoms with van der Waals surface area (Å²) in [5, 5.41) is 0. The summed E-state index contributed by atoms with van der Waals surface area (Å²) in [6, 6.07) is 6.48. The van der Waals surface area contributed by atoms with E-state index in [0.717, 1.165) is 0 Å². The van der Waals surface area contributed by atoms with Crippen molar-refractivity contribution in [3.8, 4) is 0 Å². The lowest BCUT2D eigenvalue weighted by molar-refractivity contribution is 0.284. The molecule has 0 aliphatic carbocycles. The van der Waals surface area contributed by atoms with Crippen LogP contribution in [-0.2, 0) is 13.9 Å². The molecule has 0 aliphatic rings. The fourth-order valence-electron chi connectivity index (χ4n) is 1.42. The summed E-state index contributed by atoms with van der Waals surface area (Å²) >= 11 is 0. The molecule has 5 heteroatoms. The first kappa shape index (κ1) is 16.0. The van der Waals surface area contributed by atoms with Gasteiger partial charge in [-0.1, -0.05) is 34.9 Å². The highest BCUT2D eigenvalue weighted by Crippen LogP contribution is 2.36. The average molecular weight is 258 g/mol. The van der Waals surface area contributed by atoms with E-state index >= 15 is 0 Å². The molecule has 1 aromatic rings. The Balaban J connectivity index is 0.000000304. The van der Waals surface area contributed by atoms with Gasteiger partial charge in [-0.05, 0) is 27.7 Å². The van der Waals surface area contributed by atoms with Crippen molar-refractivity contribution in [2.75, 3.05) is 6.61 Å². The van der Waals surface area contributed by atoms with Crippen LogP contribution in [0.2, 0.25) is 0 Å². The molecule has 0 radical (unpaired) electrons. The van der Waals surface area contributed by atoms with Gasteiger partial charge in [0.15, 0.2) is 0 Å². The number of benzene rings is 1. The van der Waals surface area contributed by atoms with Crippen molar-refractivity contribution in [3.05, 3.63) is 34.9 Å². The Morgan fingerprint density at radius 3 is 1.71 bits per heavy atom. The molecule has 0 heterocycles. The van der Waals surface area contributed by atoms with Gasteiger partial charge in [0.05, 0.1) is 6.61 Å². The Kier molecular flexibility index (Phi) is 6.97. The van der Waals surface area contributed by atoms with Gasteiger partial charge >= 0.3 is 7.60 Å². The van der Waals surface area contributed by atoms with Crippen LogP contribution in [0, 0.1) is 20.8 Å². The van der Waals surface area contributed by atoms with Crippen molar-refractivity contribution in [2.45, 2.75) is 27.7 Å². The van der Waals surface area contributed by atoms with Gasteiger partial charge in [-0.15, -0.1) is 0 Å². The molecule has 0 fully saturated rings. The van der Waals surface area contributed by atoms with Gasteiger partial charge in [0.2, 0.25) is 6.03 Å². The molecule has 0 saturated heterocycles. The normalized spacial score (nSPS) is 13.2. The lowest BCUT2D eigenvalue weighted by Gasteiger charge is -1.99. The third-order valence-electron chi connectivity index (χ3n) is 1.81. The molecule has 0 aromatic heterocycles. The highest BCUT2D eigenvalue weighted by atomic mass is 31.2. The fourth-order valence-corrected chi connectivity index (χ4v) is 1.85. The molecule has 0 saturated carbocycles. The van der Waals surface area contributed by atoms with Crippen LogP contribution in [0.25, 0.3) is 0 Å². The molecule has 0 bridgehead atoms. The third kappa shape index (κ3) is 7.86. The number of hydrogen-bond acceptors (Lipinski definition) is 3. The van der Waals surface area contributed by atoms with E-state index in [2.05, 4.69) is 43.5 Å². The Hall–Kier alpha value is -0.960. The summed E-state index contributed by atoms with van der Waals surface area (Å²) in [4.78, 5) is 17.9. The topological polar surface area (TPSA) is 63.6 Å². The number of rotatable bonds is 3. The van der Waals surface area contributed by atoms with E-state index in [1.54, 1.807) is 0 Å². The van der Waals surface area contributed by atoms with Gasteiger partial charge < -0.3 is 9.42 Å². The predicted molar refractivity (Wildman–Crippen MR) is 68.9 cm³/mol. The first-order valence-electron chi connectivity index (χ1n) is 5.29. The van der Waals surface area contributed by atoms with E-state index < -0.39 is 7.60 Å². The summed E-state index contributed by atoms with van der Waals surface area (Å²) in [5.74, 6) is 0. The Labute approximate surface area is 102 Å². The van der Waals surface area contributed by atoms with E-state index in [4.69, 9.17) is 4.89 Å². The van der Waals surface area contributed by atoms with Gasteiger partial charge in [0.1, 0.15) is 0 Å². The molecule has 0 aliphatic heterocycles. The molecule has 0 spiro atoms. The number of carbonyl (C=O) groups excluding carboxylic acids is 1. The maximum Gasteiger partial charge on any atom is 0.390 e. The zero-order valence-corrected chi connectivity index (χ0v) is 11.5. The molecule has 1 atom stereocenters. The highest BCUT2D eigenvalue weighted by molar-refractivity contribution is 7.68. The Bertz CT molecular complexity index is 364. The quantitative estimate of drug-likeness (QED) is 0.668. The molecule has 1 rings (SSSR count). The van der Waals surface area contributed by atoms with Crippen molar-refractivity contribution in [2.24, 2.45) is 0 Å². The van der Waals surface area contributed by atoms with E-state index in [0.29, 0.717) is 0 Å². The first-order valence-corrected chi connectivity index (χ1v) is 6.93. The van der Waals surface area contributed by atoms with Crippen LogP contribution in [-0.4, -0.2) is 17.5 Å². The van der Waals surface area contributed by atoms with Crippen molar-refractivity contribution in [1.29, 1.82) is 0 Å². The second-order valence-electron chi connectivity index (χ2n) is 3.75. The van der Waals surface area contributed by atoms with Gasteiger partial charge in [0.25, 0.3) is 0 Å². The van der Waals surface area contributed by atoms with Gasteiger partial charge in [-0.3, -0.25) is 9.36 Å². The van der Waals surface area contributed by atoms with Crippen molar-refractivity contribution >= 4 is 13.6 Å². The van der Waals surface area contributed by atoms with Crippen molar-refractivity contribution in [1.82, 2.24) is 0 Å². The van der Waals surface area contributed by atoms with E-state index in [9.17, 15) is 9.36 Å². The standard InChI is InChI=1S/C9H12.C3H7O4P/c1-7-4-8(2)6-9(3)5-7;1-2-7-8(5,6)3-4/h4-6H,1-3H3;3H,2H2,1H3,(H,5,6). The number of hydrogen-bond donors (Lipinski definition) is 1. The van der Waals surface area contributed by atoms with Crippen LogP contribution in [0.1, 0.15) is 23.6 Å². The SMILES string of the molecule is CCOP(=O)(O)C=O.Cc1cc(C)cc(C)c1. The van der Waals surface area contributed by atoms with E-state index in [1.165, 1.54) is 23.6 Å². The predicted octanol–water partition coefficient (Wildman–Crippen LogP) is 3.01. The van der Waals surface area contributed by atoms with Crippen molar-refractivity contribution < 1.29 is 18.8 Å². The Morgan fingerprint density at radius 1 is 1.18 bits per heavy atom. The molecule has 17 heavy (non-hydrogen) atoms. The van der Waals surface area contributed by atoms with Crippen LogP contribution >= 0.6 is 7.60 Å². The van der Waals surface area contributed by atoms with Crippen LogP contribution in [0.5, 0.6) is 0 Å². The minimum absolute atomic E-state index is 0.0759. The van der Waals surface area contributed by atoms with Crippen LogP contribution < -0.4 is 0 Å². The third-order valence-corrected chi connectivity index (χ3v) is 2.71. The molecule has 1 aromatic carbocycles. The summed E-state index contributed by atoms with van der Waals surface area (Å²) in [6.07, 6.45) is 0. The molecule has 1 unspecified atom stereocenters. The maximum atomic E-state index is 10.1. The zero-order chi connectivity index (χ0) is 13.5. The summed E-state index contributed by atoms with van der Waals surface area (Å²) in [5.41, 5.74) is 4.06. The molecule has 0 amide bonds. The van der Waals surface area contributed by atoms with Gasteiger partial charge in [-0.2, -0.15) is 0 Å². The molecule has 96 valence electrons. The average Bonchev–Trinajstić information content (AvgIpc) is 2.16. The summed E-state index contributed by atoms with van der Waals surface area (Å²) in [6.45, 7) is 7.99. The molecular weight excluding hydrogens is 239 g/mol. The first-order chi connectivity index (χ1) is 7.80. The highest BCUT2D eigenvalue weighted by Gasteiger charge is 2.14. The second-order valence-corrected chi connectivity index (χ2v) is 5.35. The van der Waals surface area contributed by atoms with E-state index in [1.807, 2.05) is 0 Å². The summed E-state index contributed by atoms with van der Waals surface area (Å²) in [7, 11) is -3.85. The smallest absolute Gasteiger partial charge is 0.319 e. The lowest BCUT2D eigenvalue weighted by Crippen LogP contribution is -1.87. The zero-order valence-electron chi connectivity index (χ0n) is 10.6.